The average Bonchev–Trinajstić information content (AvgIpc) is 2.72. The molecule has 158 valence electrons. The van der Waals surface area contributed by atoms with E-state index in [4.69, 9.17) is 0 Å². The molecule has 1 heterocycles. The zero-order chi connectivity index (χ0) is 21.9. The van der Waals surface area contributed by atoms with Gasteiger partial charge in [0, 0.05) is 12.5 Å². The first-order valence-corrected chi connectivity index (χ1v) is 9.66. The van der Waals surface area contributed by atoms with Gasteiger partial charge in [0.1, 0.15) is 6.04 Å². The van der Waals surface area contributed by atoms with Crippen molar-refractivity contribution in [2.24, 2.45) is 0 Å². The highest BCUT2D eigenvalue weighted by Gasteiger charge is 2.51. The molecule has 0 spiro atoms. The van der Waals surface area contributed by atoms with E-state index >= 15 is 0 Å². The summed E-state index contributed by atoms with van der Waals surface area (Å²) >= 11 is 0. The van der Waals surface area contributed by atoms with E-state index in [-0.39, 0.29) is 18.6 Å². The zero-order valence-electron chi connectivity index (χ0n) is 16.4. The van der Waals surface area contributed by atoms with Gasteiger partial charge in [0.05, 0.1) is 24.3 Å². The van der Waals surface area contributed by atoms with Crippen molar-refractivity contribution in [2.45, 2.75) is 37.5 Å². The third-order valence-electron chi connectivity index (χ3n) is 5.31. The summed E-state index contributed by atoms with van der Waals surface area (Å²) in [5.41, 5.74) is 1.06. The number of nitrogens with zero attached hydrogens (tertiary/aromatic N) is 2. The smallest absolute Gasteiger partial charge is 0.394 e. The molecule has 3 rings (SSSR count). The minimum Gasteiger partial charge on any atom is -0.394 e. The van der Waals surface area contributed by atoms with Gasteiger partial charge in [-0.05, 0) is 35.2 Å². The van der Waals surface area contributed by atoms with Gasteiger partial charge < -0.3 is 15.3 Å². The molecule has 1 aliphatic rings. The van der Waals surface area contributed by atoms with Crippen LogP contribution in [-0.4, -0.2) is 41.3 Å². The predicted octanol–water partition coefficient (Wildman–Crippen LogP) is 4.14. The van der Waals surface area contributed by atoms with Crippen LogP contribution < -0.4 is 5.32 Å². The van der Waals surface area contributed by atoms with E-state index in [1.54, 1.807) is 30.3 Å². The molecule has 0 radical (unpaired) electrons. The normalized spacial score (nSPS) is 20.9. The summed E-state index contributed by atoms with van der Waals surface area (Å²) in [6.07, 6.45) is -3.67. The molecule has 1 fully saturated rings. The van der Waals surface area contributed by atoms with Crippen molar-refractivity contribution < 1.29 is 23.1 Å². The number of hydrogen-bond acceptors (Lipinski definition) is 3. The molecule has 1 saturated heterocycles. The lowest BCUT2D eigenvalue weighted by atomic mass is 9.75. The molecule has 0 aromatic heterocycles. The Bertz CT molecular complexity index is 938. The number of carbonyl (C=O) groups excluding carboxylic acids is 1. The highest BCUT2D eigenvalue weighted by molar-refractivity contribution is 5.77. The maximum atomic E-state index is 13.0. The number of urea groups is 1. The van der Waals surface area contributed by atoms with Gasteiger partial charge in [0.2, 0.25) is 0 Å². The number of benzene rings is 2. The van der Waals surface area contributed by atoms with Gasteiger partial charge in [0.25, 0.3) is 0 Å². The largest absolute Gasteiger partial charge is 0.416 e. The van der Waals surface area contributed by atoms with Gasteiger partial charge in [-0.3, -0.25) is 0 Å². The number of carbonyl (C=O) groups is 1. The van der Waals surface area contributed by atoms with Crippen LogP contribution in [0, 0.1) is 11.3 Å². The summed E-state index contributed by atoms with van der Waals surface area (Å²) in [6, 6.07) is 12.4. The van der Waals surface area contributed by atoms with Crippen molar-refractivity contribution in [3.63, 3.8) is 0 Å². The lowest BCUT2D eigenvalue weighted by Crippen LogP contribution is -2.67. The Hall–Kier alpha value is -3.05. The number of nitriles is 1. The fraction of sp³-hybridized carbons (Fsp3) is 0.364. The van der Waals surface area contributed by atoms with Crippen molar-refractivity contribution in [2.75, 3.05) is 13.2 Å². The standard InChI is InChI=1S/C22H22F3N3O2/c1-2-10-27-21(30)28-18(12-26)20(19(28)13-29)15-8-6-14(7-9-15)16-4-3-5-17(11-16)22(23,24)25/h3-9,11,18-20,29H,2,10,13H2,1H3,(H,27,30)/t18-,19-,20+/m1/s1. The maximum absolute atomic E-state index is 13.0. The molecule has 2 aromatic rings. The Kier molecular flexibility index (Phi) is 6.32. The van der Waals surface area contributed by atoms with Gasteiger partial charge >= 0.3 is 12.2 Å². The zero-order valence-corrected chi connectivity index (χ0v) is 16.4. The van der Waals surface area contributed by atoms with Crippen molar-refractivity contribution in [1.82, 2.24) is 10.2 Å². The van der Waals surface area contributed by atoms with Crippen LogP contribution in [0.2, 0.25) is 0 Å². The lowest BCUT2D eigenvalue weighted by molar-refractivity contribution is -0.137. The summed E-state index contributed by atoms with van der Waals surface area (Å²) in [6.45, 7) is 2.09. The second-order valence-electron chi connectivity index (χ2n) is 7.19. The Morgan fingerprint density at radius 2 is 1.90 bits per heavy atom. The summed E-state index contributed by atoms with van der Waals surface area (Å²) in [4.78, 5) is 13.7. The molecule has 1 aliphatic heterocycles. The minimum atomic E-state index is -4.42. The Labute approximate surface area is 172 Å². The first-order valence-electron chi connectivity index (χ1n) is 9.66. The summed E-state index contributed by atoms with van der Waals surface area (Å²) in [5.74, 6) is -0.372. The molecule has 0 bridgehead atoms. The van der Waals surface area contributed by atoms with Gasteiger partial charge in [0.15, 0.2) is 0 Å². The lowest BCUT2D eigenvalue weighted by Gasteiger charge is -2.51. The number of alkyl halides is 3. The number of amides is 2. The molecule has 2 N–H and O–H groups in total. The molecule has 3 atom stereocenters. The van der Waals surface area contributed by atoms with E-state index in [1.165, 1.54) is 11.0 Å². The van der Waals surface area contributed by atoms with Gasteiger partial charge in [-0.1, -0.05) is 43.3 Å². The molecule has 0 aliphatic carbocycles. The number of likely N-dealkylation sites (tertiary alicyclic amines) is 1. The molecule has 5 nitrogen and oxygen atoms in total. The molecule has 0 unspecified atom stereocenters. The third kappa shape index (κ3) is 4.12. The number of hydrogen-bond donors (Lipinski definition) is 2. The molecule has 2 aromatic carbocycles. The number of rotatable bonds is 5. The van der Waals surface area contributed by atoms with Crippen LogP contribution in [-0.2, 0) is 6.18 Å². The van der Waals surface area contributed by atoms with E-state index in [9.17, 15) is 28.3 Å². The van der Waals surface area contributed by atoms with Gasteiger partial charge in [-0.15, -0.1) is 0 Å². The number of halogens is 3. The number of aliphatic hydroxyl groups is 1. The minimum absolute atomic E-state index is 0.294. The van der Waals surface area contributed by atoms with Crippen LogP contribution >= 0.6 is 0 Å². The van der Waals surface area contributed by atoms with E-state index in [0.29, 0.717) is 17.7 Å². The van der Waals surface area contributed by atoms with Crippen LogP contribution in [0.5, 0.6) is 0 Å². The van der Waals surface area contributed by atoms with Crippen LogP contribution in [0.25, 0.3) is 11.1 Å². The summed E-state index contributed by atoms with van der Waals surface area (Å²) in [5, 5.41) is 22.0. The molecule has 8 heteroatoms. The van der Waals surface area contributed by atoms with Crippen LogP contribution in [0.3, 0.4) is 0 Å². The average molecular weight is 417 g/mol. The molecular weight excluding hydrogens is 395 g/mol. The van der Waals surface area contributed by atoms with E-state index in [0.717, 1.165) is 24.1 Å². The van der Waals surface area contributed by atoms with Crippen molar-refractivity contribution in [3.8, 4) is 17.2 Å². The highest BCUT2D eigenvalue weighted by Crippen LogP contribution is 2.41. The maximum Gasteiger partial charge on any atom is 0.416 e. The fourth-order valence-electron chi connectivity index (χ4n) is 3.78. The van der Waals surface area contributed by atoms with E-state index in [2.05, 4.69) is 11.4 Å². The quantitative estimate of drug-likeness (QED) is 0.768. The second kappa shape index (κ2) is 8.76. The van der Waals surface area contributed by atoms with Gasteiger partial charge in [-0.25, -0.2) is 4.79 Å². The second-order valence-corrected chi connectivity index (χ2v) is 7.19. The molecular formula is C22H22F3N3O2. The fourth-order valence-corrected chi connectivity index (χ4v) is 3.78. The predicted molar refractivity (Wildman–Crippen MR) is 105 cm³/mol. The Morgan fingerprint density at radius 3 is 2.47 bits per heavy atom. The SMILES string of the molecule is CCCNC(=O)N1[C@H](C#N)[C@H](c2ccc(-c3cccc(C(F)(F)F)c3)cc2)[C@H]1CO. The third-order valence-corrected chi connectivity index (χ3v) is 5.31. The van der Waals surface area contributed by atoms with Crippen LogP contribution in [0.4, 0.5) is 18.0 Å². The topological polar surface area (TPSA) is 76.4 Å². The van der Waals surface area contributed by atoms with Crippen LogP contribution in [0.15, 0.2) is 48.5 Å². The van der Waals surface area contributed by atoms with Crippen molar-refractivity contribution in [1.29, 1.82) is 5.26 Å². The van der Waals surface area contributed by atoms with E-state index in [1.807, 2.05) is 6.92 Å². The van der Waals surface area contributed by atoms with E-state index < -0.39 is 23.8 Å². The first kappa shape index (κ1) is 21.7. The van der Waals surface area contributed by atoms with Crippen molar-refractivity contribution in [3.05, 3.63) is 59.7 Å². The Balaban J connectivity index is 1.82. The van der Waals surface area contributed by atoms with Gasteiger partial charge in [-0.2, -0.15) is 18.4 Å². The van der Waals surface area contributed by atoms with Crippen LogP contribution in [0.1, 0.15) is 30.4 Å². The highest BCUT2D eigenvalue weighted by atomic mass is 19.4. The monoisotopic (exact) mass is 417 g/mol. The van der Waals surface area contributed by atoms with Crippen molar-refractivity contribution >= 4 is 6.03 Å². The summed E-state index contributed by atoms with van der Waals surface area (Å²) in [7, 11) is 0. The number of nitrogens with one attached hydrogen (secondary N) is 1. The first-order chi connectivity index (χ1) is 14.3. The Morgan fingerprint density at radius 1 is 1.20 bits per heavy atom. The molecule has 0 saturated carbocycles. The molecule has 30 heavy (non-hydrogen) atoms. The summed E-state index contributed by atoms with van der Waals surface area (Å²) < 4.78 is 38.9. The number of aliphatic hydroxyl groups excluding tert-OH is 1. The molecule has 2 amide bonds.